The van der Waals surface area contributed by atoms with E-state index in [2.05, 4.69) is 0 Å². The number of halogens is 6. The van der Waals surface area contributed by atoms with Crippen LogP contribution >= 0.6 is 46.4 Å². The van der Waals surface area contributed by atoms with E-state index in [-0.39, 0.29) is 20.6 Å². The Morgan fingerprint density at radius 1 is 0.789 bits per heavy atom. The van der Waals surface area contributed by atoms with Crippen LogP contribution in [-0.4, -0.2) is 0 Å². The Labute approximate surface area is 128 Å². The standard InChI is InChI=1S/C13H6Cl4F2/c14-9-5-11(16)10(15)4-8(9)6-2-1-3-7(12(6)17)13(18)19/h1-5,13H. The molecule has 0 aliphatic carbocycles. The predicted molar refractivity (Wildman–Crippen MR) is 76.9 cm³/mol. The summed E-state index contributed by atoms with van der Waals surface area (Å²) in [6, 6.07) is 7.30. The van der Waals surface area contributed by atoms with Crippen LogP contribution in [0.25, 0.3) is 11.1 Å². The van der Waals surface area contributed by atoms with E-state index in [1.807, 2.05) is 0 Å². The zero-order valence-electron chi connectivity index (χ0n) is 9.23. The van der Waals surface area contributed by atoms with Crippen LogP contribution in [0.4, 0.5) is 8.78 Å². The summed E-state index contributed by atoms with van der Waals surface area (Å²) in [4.78, 5) is 0. The minimum Gasteiger partial charge on any atom is -0.205 e. The minimum absolute atomic E-state index is 0.0437. The fourth-order valence-electron chi connectivity index (χ4n) is 1.66. The molecule has 0 aliphatic rings. The van der Waals surface area contributed by atoms with E-state index in [0.717, 1.165) is 0 Å². The number of hydrogen-bond acceptors (Lipinski definition) is 0. The highest BCUT2D eigenvalue weighted by Gasteiger charge is 2.17. The fraction of sp³-hybridized carbons (Fsp3) is 0.0769. The lowest BCUT2D eigenvalue weighted by atomic mass is 10.0. The molecule has 0 radical (unpaired) electrons. The van der Waals surface area contributed by atoms with Gasteiger partial charge in [0.05, 0.1) is 20.1 Å². The van der Waals surface area contributed by atoms with Gasteiger partial charge in [-0.05, 0) is 12.1 Å². The zero-order valence-corrected chi connectivity index (χ0v) is 12.3. The highest BCUT2D eigenvalue weighted by molar-refractivity contribution is 6.44. The summed E-state index contributed by atoms with van der Waals surface area (Å²) in [5, 5.41) is 0.816. The number of benzene rings is 2. The highest BCUT2D eigenvalue weighted by atomic mass is 35.5. The number of rotatable bonds is 2. The Morgan fingerprint density at radius 2 is 1.42 bits per heavy atom. The zero-order chi connectivity index (χ0) is 14.2. The average Bonchev–Trinajstić information content (AvgIpc) is 2.34. The molecule has 100 valence electrons. The molecule has 0 aromatic heterocycles. The molecular formula is C13H6Cl4F2. The third-order valence-corrected chi connectivity index (χ3v) is 4.02. The lowest BCUT2D eigenvalue weighted by Gasteiger charge is -2.11. The molecule has 2 rings (SSSR count). The molecule has 0 unspecified atom stereocenters. The van der Waals surface area contributed by atoms with Crippen molar-refractivity contribution < 1.29 is 8.78 Å². The molecule has 0 amide bonds. The third kappa shape index (κ3) is 2.97. The lowest BCUT2D eigenvalue weighted by Crippen LogP contribution is -1.90. The summed E-state index contributed by atoms with van der Waals surface area (Å²) in [6.07, 6.45) is -2.66. The molecule has 2 aromatic carbocycles. The van der Waals surface area contributed by atoms with Gasteiger partial charge in [-0.25, -0.2) is 8.78 Å². The molecule has 0 saturated carbocycles. The molecule has 0 nitrogen and oxygen atoms in total. The number of hydrogen-bond donors (Lipinski definition) is 0. The second-order valence-corrected chi connectivity index (χ2v) is 5.36. The Morgan fingerprint density at radius 3 is 2.05 bits per heavy atom. The molecular weight excluding hydrogens is 336 g/mol. The van der Waals surface area contributed by atoms with Gasteiger partial charge >= 0.3 is 0 Å². The molecule has 0 aliphatic heterocycles. The highest BCUT2D eigenvalue weighted by Crippen LogP contribution is 2.41. The first-order valence-electron chi connectivity index (χ1n) is 5.13. The quantitative estimate of drug-likeness (QED) is 0.521. The summed E-state index contributed by atoms with van der Waals surface area (Å²) in [7, 11) is 0. The maximum Gasteiger partial charge on any atom is 0.265 e. The van der Waals surface area contributed by atoms with E-state index in [1.54, 1.807) is 6.07 Å². The topological polar surface area (TPSA) is 0 Å². The maximum absolute atomic E-state index is 12.8. The number of alkyl halides is 2. The van der Waals surface area contributed by atoms with Gasteiger partial charge in [0, 0.05) is 16.7 Å². The second kappa shape index (κ2) is 5.84. The van der Waals surface area contributed by atoms with Gasteiger partial charge in [-0.1, -0.05) is 64.6 Å². The van der Waals surface area contributed by atoms with E-state index in [1.165, 1.54) is 24.3 Å². The molecule has 2 aromatic rings. The van der Waals surface area contributed by atoms with Gasteiger partial charge in [-0.15, -0.1) is 0 Å². The van der Waals surface area contributed by atoms with E-state index >= 15 is 0 Å². The van der Waals surface area contributed by atoms with Crippen LogP contribution in [0.5, 0.6) is 0 Å². The van der Waals surface area contributed by atoms with Crippen LogP contribution in [0.2, 0.25) is 20.1 Å². The van der Waals surface area contributed by atoms with E-state index in [0.29, 0.717) is 16.1 Å². The van der Waals surface area contributed by atoms with Gasteiger partial charge in [-0.3, -0.25) is 0 Å². The maximum atomic E-state index is 12.8. The van der Waals surface area contributed by atoms with Crippen molar-refractivity contribution in [3.05, 3.63) is 56.0 Å². The second-order valence-electron chi connectivity index (χ2n) is 3.76. The van der Waals surface area contributed by atoms with Crippen molar-refractivity contribution in [2.24, 2.45) is 0 Å². The van der Waals surface area contributed by atoms with Crippen molar-refractivity contribution in [2.75, 3.05) is 0 Å². The summed E-state index contributed by atoms with van der Waals surface area (Å²) in [5.74, 6) is 0. The first kappa shape index (κ1) is 14.9. The van der Waals surface area contributed by atoms with Crippen LogP contribution in [0.3, 0.4) is 0 Å². The Balaban J connectivity index is 2.66. The van der Waals surface area contributed by atoms with Gasteiger partial charge in [0.2, 0.25) is 0 Å². The van der Waals surface area contributed by atoms with Crippen molar-refractivity contribution >= 4 is 46.4 Å². The van der Waals surface area contributed by atoms with Gasteiger partial charge in [0.25, 0.3) is 6.43 Å². The third-order valence-electron chi connectivity index (χ3n) is 2.56. The Hall–Kier alpha value is -0.540. The van der Waals surface area contributed by atoms with E-state index < -0.39 is 6.43 Å². The summed E-state index contributed by atoms with van der Waals surface area (Å²) in [6.45, 7) is 0. The van der Waals surface area contributed by atoms with Crippen LogP contribution < -0.4 is 0 Å². The Bertz CT molecular complexity index is 626. The molecule has 0 bridgehead atoms. The van der Waals surface area contributed by atoms with E-state index in [9.17, 15) is 8.78 Å². The van der Waals surface area contributed by atoms with Gasteiger partial charge in [-0.2, -0.15) is 0 Å². The van der Waals surface area contributed by atoms with Gasteiger partial charge < -0.3 is 0 Å². The normalized spacial score (nSPS) is 11.1. The van der Waals surface area contributed by atoms with Gasteiger partial charge in [0.1, 0.15) is 0 Å². The van der Waals surface area contributed by atoms with Crippen LogP contribution in [0.15, 0.2) is 30.3 Å². The van der Waals surface area contributed by atoms with Crippen molar-refractivity contribution in [3.63, 3.8) is 0 Å². The smallest absolute Gasteiger partial charge is 0.205 e. The first-order chi connectivity index (χ1) is 8.91. The molecule has 0 heterocycles. The lowest BCUT2D eigenvalue weighted by molar-refractivity contribution is 0.151. The van der Waals surface area contributed by atoms with Crippen molar-refractivity contribution in [2.45, 2.75) is 6.43 Å². The summed E-state index contributed by atoms with van der Waals surface area (Å²) in [5.41, 5.74) is 0.605. The van der Waals surface area contributed by atoms with Crippen molar-refractivity contribution in [1.82, 2.24) is 0 Å². The van der Waals surface area contributed by atoms with Crippen molar-refractivity contribution in [1.29, 1.82) is 0 Å². The monoisotopic (exact) mass is 340 g/mol. The van der Waals surface area contributed by atoms with Crippen LogP contribution in [-0.2, 0) is 0 Å². The average molecular weight is 342 g/mol. The predicted octanol–water partition coefficient (Wildman–Crippen LogP) is 6.90. The van der Waals surface area contributed by atoms with Crippen molar-refractivity contribution in [3.8, 4) is 11.1 Å². The van der Waals surface area contributed by atoms with Crippen LogP contribution in [0.1, 0.15) is 12.0 Å². The molecule has 19 heavy (non-hydrogen) atoms. The molecule has 0 N–H and O–H groups in total. The summed E-state index contributed by atoms with van der Waals surface area (Å²) < 4.78 is 25.6. The molecule has 6 heteroatoms. The molecule has 0 spiro atoms. The summed E-state index contributed by atoms with van der Waals surface area (Å²) >= 11 is 23.8. The SMILES string of the molecule is FC(F)c1cccc(-c2cc(Cl)c(Cl)cc2Cl)c1Cl. The molecule has 0 saturated heterocycles. The fourth-order valence-corrected chi connectivity index (χ4v) is 2.61. The minimum atomic E-state index is -2.66. The largest absolute Gasteiger partial charge is 0.265 e. The van der Waals surface area contributed by atoms with Gasteiger partial charge in [0.15, 0.2) is 0 Å². The Kier molecular flexibility index (Phi) is 4.57. The molecule has 0 fully saturated rings. The van der Waals surface area contributed by atoms with E-state index in [4.69, 9.17) is 46.4 Å². The molecule has 0 atom stereocenters. The first-order valence-corrected chi connectivity index (χ1v) is 6.64. The van der Waals surface area contributed by atoms with Crippen LogP contribution in [0, 0.1) is 0 Å².